The van der Waals surface area contributed by atoms with Crippen molar-refractivity contribution in [2.24, 2.45) is 4.99 Å². The number of aromatic amines is 2. The minimum Gasteiger partial charge on any atom is -0.494 e. The topological polar surface area (TPSA) is 94.1 Å². The van der Waals surface area contributed by atoms with Crippen LogP contribution >= 0.6 is 23.6 Å². The number of hydrogen-bond donors (Lipinski definition) is 3. The van der Waals surface area contributed by atoms with Gasteiger partial charge in [-0.25, -0.2) is 9.98 Å². The first-order valence-corrected chi connectivity index (χ1v) is 9.60. The molecule has 8 heteroatoms. The Morgan fingerprint density at radius 3 is 2.39 bits per heavy atom. The normalized spacial score (nSPS) is 11.1. The fourth-order valence-electron chi connectivity index (χ4n) is 2.64. The van der Waals surface area contributed by atoms with E-state index in [4.69, 9.17) is 12.2 Å². The quantitative estimate of drug-likeness (QED) is 0.339. The Hall–Kier alpha value is -3.36. The number of aromatic hydroxyl groups is 1. The Labute approximate surface area is 168 Å². The van der Waals surface area contributed by atoms with E-state index in [0.29, 0.717) is 5.13 Å². The predicted molar refractivity (Wildman–Crippen MR) is 114 cm³/mol. The Kier molecular flexibility index (Phi) is 4.96. The van der Waals surface area contributed by atoms with Crippen molar-refractivity contribution in [1.82, 2.24) is 15.0 Å². The summed E-state index contributed by atoms with van der Waals surface area (Å²) in [5.74, 6) is -0.328. The molecule has 138 valence electrons. The fourth-order valence-corrected chi connectivity index (χ4v) is 3.50. The summed E-state index contributed by atoms with van der Waals surface area (Å²) >= 11 is 6.14. The van der Waals surface area contributed by atoms with Crippen molar-refractivity contribution < 1.29 is 5.11 Å². The molecule has 2 aromatic heterocycles. The average Bonchev–Trinajstić information content (AvgIpc) is 3.17. The molecule has 0 bridgehead atoms. The number of aliphatic imine (C=N–C) groups is 1. The molecule has 0 fully saturated rings. The summed E-state index contributed by atoms with van der Waals surface area (Å²) in [4.78, 5) is 25.4. The van der Waals surface area contributed by atoms with E-state index in [9.17, 15) is 9.90 Å². The highest BCUT2D eigenvalue weighted by Gasteiger charge is 2.07. The van der Waals surface area contributed by atoms with Crippen LogP contribution in [0.2, 0.25) is 0 Å². The first-order chi connectivity index (χ1) is 13.6. The molecule has 0 radical (unpaired) electrons. The van der Waals surface area contributed by atoms with E-state index in [0.717, 1.165) is 22.4 Å². The summed E-state index contributed by atoms with van der Waals surface area (Å²) in [6.07, 6.45) is 1.26. The van der Waals surface area contributed by atoms with Gasteiger partial charge in [0, 0.05) is 17.2 Å². The number of thiazole rings is 1. The second-order valence-electron chi connectivity index (χ2n) is 5.89. The molecular weight excluding hydrogens is 392 g/mol. The standard InChI is InChI=1S/C20H14N4O2S2/c25-17-15(18(26)24-19(27)23-17)10-21-20-22-16(11-28-20)14-8-6-13(7-9-14)12-4-2-1-3-5-12/h1-11H,(H3,23,24,25,26,27)/b21-10+. The minimum absolute atomic E-state index is 0.00226. The van der Waals surface area contributed by atoms with Crippen LogP contribution in [0.15, 0.2) is 69.8 Å². The minimum atomic E-state index is -0.515. The van der Waals surface area contributed by atoms with Crippen LogP contribution in [0.25, 0.3) is 22.4 Å². The summed E-state index contributed by atoms with van der Waals surface area (Å²) in [5, 5.41) is 12.2. The molecule has 0 aliphatic rings. The van der Waals surface area contributed by atoms with Crippen molar-refractivity contribution in [3.05, 3.63) is 80.7 Å². The molecule has 4 rings (SSSR count). The Morgan fingerprint density at radius 1 is 1.00 bits per heavy atom. The maximum absolute atomic E-state index is 11.8. The van der Waals surface area contributed by atoms with Crippen molar-refractivity contribution >= 4 is 34.9 Å². The number of H-pyrrole nitrogens is 2. The van der Waals surface area contributed by atoms with Gasteiger partial charge < -0.3 is 10.1 Å². The maximum Gasteiger partial charge on any atom is 0.264 e. The van der Waals surface area contributed by atoms with Crippen LogP contribution in [0.1, 0.15) is 5.56 Å². The van der Waals surface area contributed by atoms with Crippen molar-refractivity contribution in [2.45, 2.75) is 0 Å². The monoisotopic (exact) mass is 406 g/mol. The van der Waals surface area contributed by atoms with Gasteiger partial charge in [-0.3, -0.25) is 9.78 Å². The second kappa shape index (κ2) is 7.71. The zero-order chi connectivity index (χ0) is 19.5. The van der Waals surface area contributed by atoms with Crippen LogP contribution in [-0.2, 0) is 0 Å². The highest BCUT2D eigenvalue weighted by molar-refractivity contribution is 7.71. The lowest BCUT2D eigenvalue weighted by Crippen LogP contribution is -2.13. The third-order valence-corrected chi connectivity index (χ3v) is 5.00. The third kappa shape index (κ3) is 3.83. The number of aromatic nitrogens is 3. The highest BCUT2D eigenvalue weighted by Crippen LogP contribution is 2.28. The molecule has 3 N–H and O–H groups in total. The van der Waals surface area contributed by atoms with E-state index in [1.165, 1.54) is 17.6 Å². The molecular formula is C20H14N4O2S2. The smallest absolute Gasteiger partial charge is 0.264 e. The molecule has 0 saturated carbocycles. The molecule has 0 atom stereocenters. The summed E-state index contributed by atoms with van der Waals surface area (Å²) in [6.45, 7) is 0. The van der Waals surface area contributed by atoms with Gasteiger partial charge in [0.25, 0.3) is 5.56 Å². The molecule has 4 aromatic rings. The Bertz CT molecular complexity index is 1260. The van der Waals surface area contributed by atoms with Crippen LogP contribution < -0.4 is 5.56 Å². The third-order valence-electron chi connectivity index (χ3n) is 4.04. The van der Waals surface area contributed by atoms with E-state index < -0.39 is 5.56 Å². The molecule has 2 aromatic carbocycles. The number of nitrogens with one attached hydrogen (secondary N) is 2. The van der Waals surface area contributed by atoms with Crippen molar-refractivity contribution in [1.29, 1.82) is 0 Å². The lowest BCUT2D eigenvalue weighted by atomic mass is 10.0. The van der Waals surface area contributed by atoms with Gasteiger partial charge in [-0.2, -0.15) is 0 Å². The zero-order valence-corrected chi connectivity index (χ0v) is 16.1. The molecule has 0 unspecified atom stereocenters. The van der Waals surface area contributed by atoms with E-state index in [1.807, 2.05) is 35.7 Å². The number of nitrogens with zero attached hydrogens (tertiary/aromatic N) is 2. The molecule has 0 aliphatic carbocycles. The van der Waals surface area contributed by atoms with Gasteiger partial charge in [-0.05, 0) is 23.3 Å². The Morgan fingerprint density at radius 2 is 1.68 bits per heavy atom. The summed E-state index contributed by atoms with van der Waals surface area (Å²) in [5.41, 5.74) is 3.54. The molecule has 6 nitrogen and oxygen atoms in total. The van der Waals surface area contributed by atoms with Gasteiger partial charge in [-0.15, -0.1) is 11.3 Å². The molecule has 0 aliphatic heterocycles. The fraction of sp³-hybridized carbons (Fsp3) is 0. The average molecular weight is 406 g/mol. The van der Waals surface area contributed by atoms with Crippen LogP contribution in [0.4, 0.5) is 5.13 Å². The van der Waals surface area contributed by atoms with E-state index >= 15 is 0 Å². The SMILES string of the molecule is O=c1[nH]c(=S)[nH]c(O)c1/C=N/c1nc(-c2ccc(-c3ccccc3)cc2)cs1. The van der Waals surface area contributed by atoms with Crippen LogP contribution in [0, 0.1) is 4.77 Å². The lowest BCUT2D eigenvalue weighted by molar-refractivity contribution is 0.449. The van der Waals surface area contributed by atoms with E-state index in [1.54, 1.807) is 0 Å². The number of rotatable bonds is 4. The first-order valence-electron chi connectivity index (χ1n) is 8.31. The molecule has 0 amide bonds. The molecule has 2 heterocycles. The second-order valence-corrected chi connectivity index (χ2v) is 7.13. The zero-order valence-electron chi connectivity index (χ0n) is 14.4. The van der Waals surface area contributed by atoms with Gasteiger partial charge in [-0.1, -0.05) is 54.6 Å². The molecule has 0 spiro atoms. The predicted octanol–water partition coefficient (Wildman–Crippen LogP) is 4.68. The Balaban J connectivity index is 1.57. The van der Waals surface area contributed by atoms with E-state index in [2.05, 4.69) is 44.2 Å². The summed E-state index contributed by atoms with van der Waals surface area (Å²) < 4.78 is 0.0511. The highest BCUT2D eigenvalue weighted by atomic mass is 32.1. The molecule has 0 saturated heterocycles. The van der Waals surface area contributed by atoms with Crippen LogP contribution in [-0.4, -0.2) is 26.3 Å². The van der Waals surface area contributed by atoms with E-state index in [-0.39, 0.29) is 16.2 Å². The molecule has 28 heavy (non-hydrogen) atoms. The van der Waals surface area contributed by atoms with Crippen LogP contribution in [0.5, 0.6) is 5.88 Å². The summed E-state index contributed by atoms with van der Waals surface area (Å²) in [7, 11) is 0. The van der Waals surface area contributed by atoms with Crippen molar-refractivity contribution in [3.8, 4) is 28.3 Å². The van der Waals surface area contributed by atoms with Gasteiger partial charge in [0.05, 0.1) is 5.69 Å². The van der Waals surface area contributed by atoms with Gasteiger partial charge in [0.15, 0.2) is 4.77 Å². The maximum atomic E-state index is 11.8. The largest absolute Gasteiger partial charge is 0.494 e. The number of benzene rings is 2. The summed E-state index contributed by atoms with van der Waals surface area (Å²) in [6, 6.07) is 18.3. The van der Waals surface area contributed by atoms with Gasteiger partial charge in [0.2, 0.25) is 11.0 Å². The van der Waals surface area contributed by atoms with Crippen molar-refractivity contribution in [3.63, 3.8) is 0 Å². The first kappa shape index (κ1) is 18.0. The lowest BCUT2D eigenvalue weighted by Gasteiger charge is -2.02. The van der Waals surface area contributed by atoms with Crippen LogP contribution in [0.3, 0.4) is 0 Å². The van der Waals surface area contributed by atoms with Gasteiger partial charge >= 0.3 is 0 Å². The number of hydrogen-bond acceptors (Lipinski definition) is 6. The van der Waals surface area contributed by atoms with Gasteiger partial charge in [0.1, 0.15) is 5.56 Å². The van der Waals surface area contributed by atoms with Crippen molar-refractivity contribution in [2.75, 3.05) is 0 Å².